The fourth-order valence-electron chi connectivity index (χ4n) is 4.08. The van der Waals surface area contributed by atoms with E-state index < -0.39 is 81.1 Å². The summed E-state index contributed by atoms with van der Waals surface area (Å²) in [5.41, 5.74) is -2.89. The molecule has 1 saturated heterocycles. The number of alkyl halides is 5. The van der Waals surface area contributed by atoms with Gasteiger partial charge in [-0.05, 0) is 37.0 Å². The molecule has 1 aromatic heterocycles. The van der Waals surface area contributed by atoms with Crippen LogP contribution in [0.5, 0.6) is 0 Å². The van der Waals surface area contributed by atoms with Gasteiger partial charge in [0, 0.05) is 24.2 Å². The van der Waals surface area contributed by atoms with Crippen LogP contribution in [0.3, 0.4) is 0 Å². The minimum Gasteiger partial charge on any atom is -0.347 e. The highest BCUT2D eigenvalue weighted by Crippen LogP contribution is 2.44. The number of hydrogen-bond donors (Lipinski definition) is 1. The summed E-state index contributed by atoms with van der Waals surface area (Å²) in [5.74, 6) is -10.1. The number of hydrogen-bond acceptors (Lipinski definition) is 5. The standard InChI is InChI=1S/C22H18F7N3O4S/c1-37(35,36)12-4-11(7-30-8-12)20(34)32-9-21(25,26)18(32)19(33)31-17(10-2-3-10)13-5-16(24)14(6-15(13)23)22(27,28)29/h4-8,10,17-18H,2-3,9H2,1H3,(H,31,33). The fourth-order valence-corrected chi connectivity index (χ4v) is 4.67. The van der Waals surface area contributed by atoms with Gasteiger partial charge in [-0.3, -0.25) is 14.6 Å². The van der Waals surface area contributed by atoms with Gasteiger partial charge < -0.3 is 10.2 Å². The Labute approximate surface area is 205 Å². The van der Waals surface area contributed by atoms with E-state index in [2.05, 4.69) is 10.3 Å². The molecule has 0 bridgehead atoms. The Kier molecular flexibility index (Phi) is 6.49. The lowest BCUT2D eigenvalue weighted by Gasteiger charge is -2.46. The van der Waals surface area contributed by atoms with Crippen LogP contribution in [0, 0.1) is 17.6 Å². The van der Waals surface area contributed by atoms with Crippen molar-refractivity contribution in [2.75, 3.05) is 12.8 Å². The van der Waals surface area contributed by atoms with Gasteiger partial charge in [0.05, 0.1) is 28.6 Å². The molecule has 1 aromatic carbocycles. The molecule has 1 saturated carbocycles. The Morgan fingerprint density at radius 2 is 1.76 bits per heavy atom. The smallest absolute Gasteiger partial charge is 0.347 e. The molecule has 2 amide bonds. The highest BCUT2D eigenvalue weighted by molar-refractivity contribution is 7.90. The number of sulfone groups is 1. The molecule has 2 aliphatic rings. The molecule has 2 aromatic rings. The molecule has 2 atom stereocenters. The summed E-state index contributed by atoms with van der Waals surface area (Å²) in [6, 6.07) is -2.70. The Morgan fingerprint density at radius 3 is 2.30 bits per heavy atom. The zero-order valence-electron chi connectivity index (χ0n) is 18.8. The molecule has 4 rings (SSSR count). The number of nitrogens with zero attached hydrogens (tertiary/aromatic N) is 2. The van der Waals surface area contributed by atoms with Crippen molar-refractivity contribution in [3.63, 3.8) is 0 Å². The second kappa shape index (κ2) is 8.96. The normalized spacial score (nSPS) is 20.2. The van der Waals surface area contributed by atoms with Crippen molar-refractivity contribution < 1.29 is 48.7 Å². The third-order valence-electron chi connectivity index (χ3n) is 6.11. The zero-order valence-corrected chi connectivity index (χ0v) is 19.6. The van der Waals surface area contributed by atoms with Crippen LogP contribution >= 0.6 is 0 Å². The van der Waals surface area contributed by atoms with Gasteiger partial charge in [0.25, 0.3) is 11.8 Å². The number of likely N-dealkylation sites (tertiary alicyclic amines) is 1. The van der Waals surface area contributed by atoms with Crippen molar-refractivity contribution >= 4 is 21.7 Å². The van der Waals surface area contributed by atoms with E-state index in [-0.39, 0.29) is 22.6 Å². The maximum absolute atomic E-state index is 14.6. The van der Waals surface area contributed by atoms with Crippen LogP contribution in [0.15, 0.2) is 35.5 Å². The van der Waals surface area contributed by atoms with Gasteiger partial charge in [0.2, 0.25) is 5.91 Å². The Balaban J connectivity index is 1.60. The predicted molar refractivity (Wildman–Crippen MR) is 112 cm³/mol. The molecule has 2 fully saturated rings. The van der Waals surface area contributed by atoms with E-state index in [4.69, 9.17) is 0 Å². The molecule has 0 radical (unpaired) electrons. The largest absolute Gasteiger partial charge is 0.419 e. The molecular formula is C22H18F7N3O4S. The topological polar surface area (TPSA) is 96.4 Å². The molecular weight excluding hydrogens is 535 g/mol. The third-order valence-corrected chi connectivity index (χ3v) is 7.19. The molecule has 1 aliphatic heterocycles. The Bertz CT molecular complexity index is 1380. The lowest BCUT2D eigenvalue weighted by Crippen LogP contribution is -2.71. The zero-order chi connectivity index (χ0) is 27.5. The van der Waals surface area contributed by atoms with E-state index >= 15 is 0 Å². The highest BCUT2D eigenvalue weighted by Gasteiger charge is 2.61. The first-order chi connectivity index (χ1) is 17.0. The summed E-state index contributed by atoms with van der Waals surface area (Å²) in [4.78, 5) is 29.4. The molecule has 1 N–H and O–H groups in total. The van der Waals surface area contributed by atoms with Gasteiger partial charge in [0.1, 0.15) is 11.6 Å². The Hall–Kier alpha value is -3.23. The van der Waals surface area contributed by atoms with Crippen LogP contribution in [0.25, 0.3) is 0 Å². The molecule has 15 heteroatoms. The van der Waals surface area contributed by atoms with Crippen molar-refractivity contribution in [3.8, 4) is 0 Å². The molecule has 200 valence electrons. The first-order valence-electron chi connectivity index (χ1n) is 10.7. The number of amides is 2. The number of rotatable bonds is 6. The first-order valence-corrected chi connectivity index (χ1v) is 12.6. The van der Waals surface area contributed by atoms with Crippen LogP contribution in [0.4, 0.5) is 30.7 Å². The minimum absolute atomic E-state index is 0.0677. The van der Waals surface area contributed by atoms with Gasteiger partial charge in [-0.1, -0.05) is 0 Å². The number of halogens is 7. The van der Waals surface area contributed by atoms with Crippen LogP contribution in [0.1, 0.15) is 40.4 Å². The van der Waals surface area contributed by atoms with E-state index in [1.165, 1.54) is 0 Å². The number of carbonyl (C=O) groups is 2. The van der Waals surface area contributed by atoms with Crippen LogP contribution in [0.2, 0.25) is 0 Å². The van der Waals surface area contributed by atoms with Gasteiger partial charge in [-0.25, -0.2) is 26.0 Å². The quantitative estimate of drug-likeness (QED) is 0.553. The van der Waals surface area contributed by atoms with E-state index in [0.717, 1.165) is 24.7 Å². The molecule has 2 unspecified atom stereocenters. The third kappa shape index (κ3) is 5.26. The van der Waals surface area contributed by atoms with Crippen LogP contribution in [-0.4, -0.2) is 54.9 Å². The fraction of sp³-hybridized carbons (Fsp3) is 0.409. The number of benzene rings is 1. The second-order valence-electron chi connectivity index (χ2n) is 8.95. The van der Waals surface area contributed by atoms with E-state index in [9.17, 15) is 48.7 Å². The van der Waals surface area contributed by atoms with Crippen molar-refractivity contribution in [1.82, 2.24) is 15.2 Å². The van der Waals surface area contributed by atoms with Gasteiger partial charge >= 0.3 is 6.18 Å². The molecule has 1 aliphatic carbocycles. The van der Waals surface area contributed by atoms with Gasteiger partial charge in [-0.15, -0.1) is 0 Å². The van der Waals surface area contributed by atoms with Crippen molar-refractivity contribution in [3.05, 3.63) is 58.9 Å². The van der Waals surface area contributed by atoms with Crippen molar-refractivity contribution in [2.45, 2.75) is 41.9 Å². The predicted octanol–water partition coefficient (Wildman–Crippen LogP) is 3.51. The summed E-state index contributed by atoms with van der Waals surface area (Å²) >= 11 is 0. The number of nitrogens with one attached hydrogen (secondary N) is 1. The summed E-state index contributed by atoms with van der Waals surface area (Å²) in [7, 11) is -3.79. The lowest BCUT2D eigenvalue weighted by atomic mass is 9.93. The molecule has 7 nitrogen and oxygen atoms in total. The van der Waals surface area contributed by atoms with E-state index in [0.29, 0.717) is 17.7 Å². The summed E-state index contributed by atoms with van der Waals surface area (Å²) in [5, 5.41) is 2.14. The molecule has 2 heterocycles. The summed E-state index contributed by atoms with van der Waals surface area (Å²) < 4.78 is 120. The molecule has 0 spiro atoms. The highest BCUT2D eigenvalue weighted by atomic mass is 32.2. The second-order valence-corrected chi connectivity index (χ2v) is 11.0. The summed E-state index contributed by atoms with van der Waals surface area (Å²) in [6.45, 7) is -1.19. The number of pyridine rings is 1. The maximum atomic E-state index is 14.6. The number of aromatic nitrogens is 1. The van der Waals surface area contributed by atoms with Crippen molar-refractivity contribution in [1.29, 1.82) is 0 Å². The summed E-state index contributed by atoms with van der Waals surface area (Å²) in [6.07, 6.45) is -1.75. The van der Waals surface area contributed by atoms with E-state index in [1.807, 2.05) is 0 Å². The van der Waals surface area contributed by atoms with Crippen LogP contribution in [-0.2, 0) is 20.8 Å². The van der Waals surface area contributed by atoms with Crippen LogP contribution < -0.4 is 5.32 Å². The maximum Gasteiger partial charge on any atom is 0.419 e. The lowest BCUT2D eigenvalue weighted by molar-refractivity contribution is -0.178. The first kappa shape index (κ1) is 26.8. The average molecular weight is 553 g/mol. The average Bonchev–Trinajstić information content (AvgIpc) is 3.61. The van der Waals surface area contributed by atoms with Gasteiger partial charge in [0.15, 0.2) is 15.9 Å². The Morgan fingerprint density at radius 1 is 1.11 bits per heavy atom. The minimum atomic E-state index is -5.18. The van der Waals surface area contributed by atoms with E-state index in [1.54, 1.807) is 0 Å². The molecule has 37 heavy (non-hydrogen) atoms. The monoisotopic (exact) mass is 553 g/mol. The van der Waals surface area contributed by atoms with Crippen molar-refractivity contribution in [2.24, 2.45) is 5.92 Å². The number of carbonyl (C=O) groups excluding carboxylic acids is 2. The van der Waals surface area contributed by atoms with Gasteiger partial charge in [-0.2, -0.15) is 13.2 Å². The SMILES string of the molecule is CS(=O)(=O)c1cncc(C(=O)N2CC(F)(F)C2C(=O)NC(c2cc(F)c(C(F)(F)F)cc2F)C2CC2)c1.